The number of hydrogen-bond acceptors (Lipinski definition) is 2. The van der Waals surface area contributed by atoms with Gasteiger partial charge in [0.15, 0.2) is 0 Å². The number of hydrogen-bond donors (Lipinski definition) is 0. The summed E-state index contributed by atoms with van der Waals surface area (Å²) in [5.41, 5.74) is 2.94. The molecule has 0 aliphatic carbocycles. The van der Waals surface area contributed by atoms with Crippen molar-refractivity contribution in [1.29, 1.82) is 0 Å². The molecule has 0 amide bonds. The molecule has 1 aliphatic heterocycles. The summed E-state index contributed by atoms with van der Waals surface area (Å²) in [5, 5.41) is 10.9. The molecule has 1 aromatic heterocycles. The van der Waals surface area contributed by atoms with Crippen LogP contribution in [0, 0.1) is 6.92 Å². The summed E-state index contributed by atoms with van der Waals surface area (Å²) in [4.78, 5) is 4.25. The first kappa shape index (κ1) is 27.6. The van der Waals surface area contributed by atoms with E-state index in [9.17, 15) is 0 Å². The average molecular weight is 627 g/mol. The van der Waals surface area contributed by atoms with Gasteiger partial charge in [-0.3, -0.25) is 4.99 Å². The summed E-state index contributed by atoms with van der Waals surface area (Å²) in [6, 6.07) is 23.2. The van der Waals surface area contributed by atoms with Crippen LogP contribution in [0.3, 0.4) is 0 Å². The van der Waals surface area contributed by atoms with Gasteiger partial charge in [-0.2, -0.15) is 0 Å². The van der Waals surface area contributed by atoms with Gasteiger partial charge in [0, 0.05) is 17.6 Å². The quantitative estimate of drug-likeness (QED) is 0.358. The molecule has 0 spiro atoms. The Labute approximate surface area is 203 Å². The predicted molar refractivity (Wildman–Crippen MR) is 137 cm³/mol. The molecule has 0 bridgehead atoms. The van der Waals surface area contributed by atoms with Crippen molar-refractivity contribution in [1.82, 2.24) is 10.2 Å². The van der Waals surface area contributed by atoms with Crippen molar-refractivity contribution in [3.63, 3.8) is 0 Å². The fourth-order valence-electron chi connectivity index (χ4n) is 2.68. The first-order valence-corrected chi connectivity index (χ1v) is 14.6. The van der Waals surface area contributed by atoms with Gasteiger partial charge < -0.3 is 10.2 Å². The average Bonchev–Trinajstić information content (AvgIpc) is 3.23. The fraction of sp³-hybridized carbons (Fsp3) is 0.280. The zero-order valence-electron chi connectivity index (χ0n) is 19.0. The zero-order valence-corrected chi connectivity index (χ0v) is 23.3. The second-order valence-corrected chi connectivity index (χ2v) is 11.9. The van der Waals surface area contributed by atoms with Crippen LogP contribution in [0.1, 0.15) is 24.2 Å². The predicted octanol–water partition coefficient (Wildman–Crippen LogP) is 5.55. The van der Waals surface area contributed by atoms with Gasteiger partial charge in [0.25, 0.3) is 0 Å². The standard InChI is InChI=1S/C9H10N3.2C8H11P.Os/c1-7-6-9(12-11-7)8-4-2-3-5-10-8;2*1-9(2)8-6-4-3-5-7-8;/h3,5-6H,2,4H2,1H3;2*3-7H,1-2H3;/q-1;;;+1. The Morgan fingerprint density at radius 3 is 1.65 bits per heavy atom. The van der Waals surface area contributed by atoms with Gasteiger partial charge in [-0.25, -0.2) is 0 Å². The normalized spacial score (nSPS) is 12.2. The Morgan fingerprint density at radius 1 is 0.806 bits per heavy atom. The first-order chi connectivity index (χ1) is 14.5. The Kier molecular flexibility index (Phi) is 13.7. The van der Waals surface area contributed by atoms with Crippen LogP contribution in [-0.2, 0) is 19.8 Å². The minimum absolute atomic E-state index is 0. The third-order valence-electron chi connectivity index (χ3n) is 4.39. The SMILES string of the molecule is CP(C)c1ccccc1.CP(C)c1ccccc1.Cc1cc(C2=NC=CCC2)[n-]n1.[Os+]. The topological polar surface area (TPSA) is 39.4 Å². The van der Waals surface area contributed by atoms with E-state index in [0.29, 0.717) is 0 Å². The monoisotopic (exact) mass is 628 g/mol. The van der Waals surface area contributed by atoms with Gasteiger partial charge in [-0.15, -0.1) is 0 Å². The van der Waals surface area contributed by atoms with Crippen molar-refractivity contribution in [2.24, 2.45) is 4.99 Å². The smallest absolute Gasteiger partial charge is 0.574 e. The van der Waals surface area contributed by atoms with Crippen molar-refractivity contribution in [2.45, 2.75) is 19.8 Å². The number of rotatable bonds is 3. The van der Waals surface area contributed by atoms with Crippen LogP contribution in [0.2, 0.25) is 0 Å². The molecule has 0 unspecified atom stereocenters. The van der Waals surface area contributed by atoms with Crippen LogP contribution >= 0.6 is 15.8 Å². The van der Waals surface area contributed by atoms with Crippen molar-refractivity contribution in [3.05, 3.63) is 90.4 Å². The van der Waals surface area contributed by atoms with E-state index in [1.165, 1.54) is 10.6 Å². The third-order valence-corrected chi connectivity index (χ3v) is 7.05. The molecule has 4 rings (SSSR count). The zero-order chi connectivity index (χ0) is 21.8. The summed E-state index contributed by atoms with van der Waals surface area (Å²) in [5.74, 6) is 0. The molecule has 3 aromatic rings. The van der Waals surface area contributed by atoms with E-state index < -0.39 is 0 Å². The van der Waals surface area contributed by atoms with Crippen LogP contribution in [0.5, 0.6) is 0 Å². The summed E-state index contributed by atoms with van der Waals surface area (Å²) in [7, 11) is 0.209. The minimum Gasteiger partial charge on any atom is -0.574 e. The molecule has 0 fully saturated rings. The number of aromatic nitrogens is 2. The molecule has 2 heterocycles. The van der Waals surface area contributed by atoms with Crippen molar-refractivity contribution in [3.8, 4) is 0 Å². The number of aryl methyl sites for hydroxylation is 1. The van der Waals surface area contributed by atoms with Gasteiger partial charge in [0.05, 0.1) is 0 Å². The maximum atomic E-state index is 4.25. The van der Waals surface area contributed by atoms with Crippen molar-refractivity contribution in [2.75, 3.05) is 26.7 Å². The van der Waals surface area contributed by atoms with Crippen LogP contribution in [0.15, 0.2) is 84.0 Å². The van der Waals surface area contributed by atoms with E-state index in [1.807, 2.05) is 19.2 Å². The van der Waals surface area contributed by atoms with Gasteiger partial charge >= 0.3 is 19.8 Å². The largest absolute Gasteiger partial charge is 1.00 e. The third kappa shape index (κ3) is 10.6. The number of allylic oxidation sites excluding steroid dienone is 1. The molecule has 6 heteroatoms. The molecule has 2 aromatic carbocycles. The van der Waals surface area contributed by atoms with E-state index in [2.05, 4.69) is 109 Å². The van der Waals surface area contributed by atoms with Crippen LogP contribution in [-0.4, -0.2) is 37.5 Å². The van der Waals surface area contributed by atoms with E-state index in [0.717, 1.165) is 29.9 Å². The van der Waals surface area contributed by atoms with Crippen molar-refractivity contribution < 1.29 is 19.8 Å². The Morgan fingerprint density at radius 2 is 1.32 bits per heavy atom. The van der Waals surface area contributed by atoms with Crippen molar-refractivity contribution >= 4 is 32.2 Å². The van der Waals surface area contributed by atoms with E-state index in [4.69, 9.17) is 0 Å². The number of benzene rings is 2. The maximum Gasteiger partial charge on any atom is 1.00 e. The second-order valence-electron chi connectivity index (χ2n) is 7.33. The molecule has 0 saturated heterocycles. The molecule has 0 atom stereocenters. The Bertz CT molecular complexity index is 877. The summed E-state index contributed by atoms with van der Waals surface area (Å²) in [6.07, 6.45) is 5.94. The first-order valence-electron chi connectivity index (χ1n) is 10.1. The molecule has 3 nitrogen and oxygen atoms in total. The number of aliphatic imine (C=N–C) groups is 1. The van der Waals surface area contributed by atoms with Gasteiger partial charge in [-0.05, 0) is 57.0 Å². The summed E-state index contributed by atoms with van der Waals surface area (Å²) >= 11 is 0. The fourth-order valence-corrected chi connectivity index (χ4v) is 4.21. The van der Waals surface area contributed by atoms with E-state index in [-0.39, 0.29) is 35.6 Å². The molecular formula is C25H32N3OsP2. The van der Waals surface area contributed by atoms with Gasteiger partial charge in [-0.1, -0.05) is 94.3 Å². The van der Waals surface area contributed by atoms with E-state index >= 15 is 0 Å². The van der Waals surface area contributed by atoms with Crippen LogP contribution in [0.4, 0.5) is 0 Å². The molecule has 0 N–H and O–H groups in total. The molecule has 165 valence electrons. The number of nitrogens with zero attached hydrogens (tertiary/aromatic N) is 3. The molecule has 0 saturated carbocycles. The second kappa shape index (κ2) is 15.4. The minimum atomic E-state index is 0. The molecule has 1 aliphatic rings. The maximum absolute atomic E-state index is 4.25. The molecule has 31 heavy (non-hydrogen) atoms. The van der Waals surface area contributed by atoms with Crippen LogP contribution < -0.4 is 15.7 Å². The van der Waals surface area contributed by atoms with Gasteiger partial charge in [0.2, 0.25) is 0 Å². The Hall–Kier alpha value is -1.44. The Balaban J connectivity index is 0.000000233. The molecule has 1 radical (unpaired) electrons. The van der Waals surface area contributed by atoms with Gasteiger partial charge in [0.1, 0.15) is 0 Å². The van der Waals surface area contributed by atoms with Crippen LogP contribution in [0.25, 0.3) is 0 Å². The summed E-state index contributed by atoms with van der Waals surface area (Å²) in [6.45, 7) is 11.0. The van der Waals surface area contributed by atoms with E-state index in [1.54, 1.807) is 0 Å². The molecular weight excluding hydrogens is 594 g/mol. The summed E-state index contributed by atoms with van der Waals surface area (Å²) < 4.78 is 0.